The van der Waals surface area contributed by atoms with Crippen LogP contribution in [0.15, 0.2) is 82.6 Å². The van der Waals surface area contributed by atoms with Gasteiger partial charge in [0.2, 0.25) is 0 Å². The maximum atomic E-state index is 15.2. The number of benzene rings is 3. The van der Waals surface area contributed by atoms with E-state index in [0.717, 1.165) is 23.8 Å². The first-order chi connectivity index (χ1) is 23.9. The molecule has 1 N–H and O–H groups in total. The Morgan fingerprint density at radius 2 is 1.78 bits per heavy atom. The molecular weight excluding hydrogens is 686 g/mol. The van der Waals surface area contributed by atoms with Gasteiger partial charge in [0.15, 0.2) is 0 Å². The molecule has 2 heterocycles. The van der Waals surface area contributed by atoms with Gasteiger partial charge >= 0.3 is 18.8 Å². The minimum Gasteiger partial charge on any atom is -0.464 e. The highest BCUT2D eigenvalue weighted by molar-refractivity contribution is 7.99. The van der Waals surface area contributed by atoms with Crippen molar-refractivity contribution in [1.82, 2.24) is 9.88 Å². The van der Waals surface area contributed by atoms with Crippen LogP contribution in [0.25, 0.3) is 11.1 Å². The summed E-state index contributed by atoms with van der Waals surface area (Å²) in [6.45, 7) is 0.454. The normalized spacial score (nSPS) is 14.9. The molecule has 1 aliphatic rings. The summed E-state index contributed by atoms with van der Waals surface area (Å²) >= 11 is 1.26. The smallest absolute Gasteiger partial charge is 0.416 e. The van der Waals surface area contributed by atoms with E-state index < -0.39 is 59.8 Å². The first kappa shape index (κ1) is 37.0. The first-order valence-electron chi connectivity index (χ1n) is 15.7. The highest BCUT2D eigenvalue weighted by atomic mass is 32.2. The van der Waals surface area contributed by atoms with Crippen LogP contribution in [0.2, 0.25) is 0 Å². The van der Waals surface area contributed by atoms with Crippen molar-refractivity contribution < 1.29 is 45.3 Å². The number of carbonyl (C=O) groups excluding carboxylic acids is 1. The van der Waals surface area contributed by atoms with Crippen molar-refractivity contribution in [2.45, 2.75) is 50.2 Å². The van der Waals surface area contributed by atoms with E-state index >= 15 is 4.39 Å². The van der Waals surface area contributed by atoms with Gasteiger partial charge in [0.25, 0.3) is 5.56 Å². The lowest BCUT2D eigenvalue weighted by Crippen LogP contribution is -2.37. The molecule has 3 aromatic carbocycles. The lowest BCUT2D eigenvalue weighted by molar-refractivity contribution is -0.148. The summed E-state index contributed by atoms with van der Waals surface area (Å²) in [5.74, 6) is -1.46. The molecule has 0 fully saturated rings. The van der Waals surface area contributed by atoms with Crippen LogP contribution in [0.5, 0.6) is 5.75 Å². The Labute approximate surface area is 288 Å². The van der Waals surface area contributed by atoms with Crippen molar-refractivity contribution in [2.24, 2.45) is 0 Å². The molecule has 2 atom stereocenters. The van der Waals surface area contributed by atoms with Crippen LogP contribution in [-0.2, 0) is 26.9 Å². The average Bonchev–Trinajstić information content (AvgIpc) is 3.50. The zero-order chi connectivity index (χ0) is 36.0. The Hall–Kier alpha value is -4.27. The molecule has 0 radical (unpaired) electrons. The predicted octanol–water partition coefficient (Wildman–Crippen LogP) is 7.73. The number of hydrogen-bond acceptors (Lipinski definition) is 7. The molecular formula is C36H34F6N2O5S. The average molecular weight is 721 g/mol. The molecule has 0 bridgehead atoms. The number of carbonyl (C=O) groups is 1. The summed E-state index contributed by atoms with van der Waals surface area (Å²) in [6, 6.07) is 16.3. The van der Waals surface area contributed by atoms with Gasteiger partial charge < -0.3 is 19.5 Å². The van der Waals surface area contributed by atoms with Crippen LogP contribution in [0.1, 0.15) is 46.8 Å². The molecule has 2 unspecified atom stereocenters. The molecule has 0 saturated heterocycles. The van der Waals surface area contributed by atoms with E-state index in [1.54, 1.807) is 13.8 Å². The monoisotopic (exact) mass is 720 g/mol. The van der Waals surface area contributed by atoms with Crippen molar-refractivity contribution in [1.29, 1.82) is 0 Å². The first-order valence-corrected chi connectivity index (χ1v) is 16.7. The molecule has 266 valence electrons. The second kappa shape index (κ2) is 16.2. The molecule has 1 aromatic heterocycles. The molecule has 0 amide bonds. The summed E-state index contributed by atoms with van der Waals surface area (Å²) in [7, 11) is 0. The maximum absolute atomic E-state index is 15.2. The van der Waals surface area contributed by atoms with Gasteiger partial charge in [-0.3, -0.25) is 9.36 Å². The van der Waals surface area contributed by atoms with Crippen molar-refractivity contribution >= 4 is 17.7 Å². The summed E-state index contributed by atoms with van der Waals surface area (Å²) < 4.78 is 100. The topological polar surface area (TPSA) is 78.8 Å². The van der Waals surface area contributed by atoms with Crippen LogP contribution in [-0.4, -0.2) is 49.3 Å². The number of hydrogen-bond donors (Lipinski definition) is 1. The number of alkyl halides is 5. The lowest BCUT2D eigenvalue weighted by Gasteiger charge is -2.28. The fraction of sp³-hybridized carbons (Fsp3) is 0.333. The number of aromatic nitrogens is 1. The number of halogens is 6. The number of ether oxygens (including phenoxy) is 3. The van der Waals surface area contributed by atoms with Crippen molar-refractivity contribution in [3.63, 3.8) is 0 Å². The van der Waals surface area contributed by atoms with E-state index in [-0.39, 0.29) is 48.8 Å². The van der Waals surface area contributed by atoms with Gasteiger partial charge in [0.05, 0.1) is 41.5 Å². The second-order valence-electron chi connectivity index (χ2n) is 11.4. The van der Waals surface area contributed by atoms with Gasteiger partial charge in [-0.05, 0) is 60.4 Å². The van der Waals surface area contributed by atoms with Crippen molar-refractivity contribution in [3.05, 3.63) is 117 Å². The van der Waals surface area contributed by atoms with Gasteiger partial charge in [-0.15, -0.1) is 11.8 Å². The van der Waals surface area contributed by atoms with E-state index in [9.17, 15) is 31.5 Å². The quantitative estimate of drug-likeness (QED) is 0.0812. The summed E-state index contributed by atoms with van der Waals surface area (Å²) in [6.07, 6.45) is -5.34. The Morgan fingerprint density at radius 3 is 2.48 bits per heavy atom. The number of esters is 1. The molecule has 4 aromatic rings. The predicted molar refractivity (Wildman–Crippen MR) is 176 cm³/mol. The Balaban J connectivity index is 1.64. The third kappa shape index (κ3) is 8.36. The molecule has 0 spiro atoms. The standard InChI is InChI=1S/C36H34F6N2O5S/c1-3-48-30(45)19-47-16-15-43-32(22-9-5-4-6-10-22)29-20-50-34-25(18-26-27(36(40,41)42)13-8-14-28(26)37)21(2)31(33(46)44(29)34)23-11-7-12-24(17-23)49-35(38)39/h4-14,17,29,32,35,43H,3,15-16,18-20H2,1-2H3. The van der Waals surface area contributed by atoms with Crippen LogP contribution in [0.4, 0.5) is 26.3 Å². The second-order valence-corrected chi connectivity index (χ2v) is 12.4. The highest BCUT2D eigenvalue weighted by Gasteiger charge is 2.38. The van der Waals surface area contributed by atoms with Crippen LogP contribution < -0.4 is 15.6 Å². The van der Waals surface area contributed by atoms with Gasteiger partial charge in [-0.1, -0.05) is 48.5 Å². The number of pyridine rings is 1. The number of thioether (sulfide) groups is 1. The summed E-state index contributed by atoms with van der Waals surface area (Å²) in [5, 5.41) is 3.78. The highest BCUT2D eigenvalue weighted by Crippen LogP contribution is 2.45. The summed E-state index contributed by atoms with van der Waals surface area (Å²) in [4.78, 5) is 26.3. The largest absolute Gasteiger partial charge is 0.464 e. The lowest BCUT2D eigenvalue weighted by atomic mass is 9.92. The number of rotatable bonds is 14. The van der Waals surface area contributed by atoms with Crippen LogP contribution >= 0.6 is 11.8 Å². The van der Waals surface area contributed by atoms with E-state index in [1.807, 2.05) is 30.3 Å². The zero-order valence-corrected chi connectivity index (χ0v) is 27.9. The Morgan fingerprint density at radius 1 is 1.04 bits per heavy atom. The fourth-order valence-corrected chi connectivity index (χ4v) is 7.54. The molecule has 0 saturated carbocycles. The van der Waals surface area contributed by atoms with E-state index in [2.05, 4.69) is 10.1 Å². The van der Waals surface area contributed by atoms with Crippen molar-refractivity contribution in [3.8, 4) is 16.9 Å². The minimum atomic E-state index is -4.85. The molecule has 5 rings (SSSR count). The van der Waals surface area contributed by atoms with Gasteiger partial charge in [-0.2, -0.15) is 22.0 Å². The van der Waals surface area contributed by atoms with Gasteiger partial charge in [0.1, 0.15) is 18.2 Å². The Kier molecular flexibility index (Phi) is 12.0. The van der Waals surface area contributed by atoms with E-state index in [0.29, 0.717) is 16.3 Å². The zero-order valence-electron chi connectivity index (χ0n) is 27.1. The molecule has 1 aliphatic heterocycles. The van der Waals surface area contributed by atoms with E-state index in [4.69, 9.17) is 9.47 Å². The Bertz CT molecular complexity index is 1870. The molecule has 0 aliphatic carbocycles. The molecule has 7 nitrogen and oxygen atoms in total. The van der Waals surface area contributed by atoms with Crippen LogP contribution in [0.3, 0.4) is 0 Å². The molecule has 14 heteroatoms. The van der Waals surface area contributed by atoms with Crippen molar-refractivity contribution in [2.75, 3.05) is 32.1 Å². The van der Waals surface area contributed by atoms with Crippen LogP contribution in [0, 0.1) is 12.7 Å². The van der Waals surface area contributed by atoms with Gasteiger partial charge in [-0.25, -0.2) is 9.18 Å². The summed E-state index contributed by atoms with van der Waals surface area (Å²) in [5.41, 5.74) is -0.565. The third-order valence-electron chi connectivity index (χ3n) is 8.26. The third-order valence-corrected chi connectivity index (χ3v) is 9.49. The number of nitrogens with zero attached hydrogens (tertiary/aromatic N) is 1. The molecule has 50 heavy (non-hydrogen) atoms. The maximum Gasteiger partial charge on any atom is 0.416 e. The van der Waals surface area contributed by atoms with E-state index in [1.165, 1.54) is 40.6 Å². The van der Waals surface area contributed by atoms with Gasteiger partial charge in [0, 0.05) is 24.3 Å². The number of nitrogens with one attached hydrogen (secondary N) is 1. The minimum absolute atomic E-state index is 0.0606. The SMILES string of the molecule is CCOC(=O)COCCNC(c1ccccc1)C1CSc2c(Cc3c(F)cccc3C(F)(F)F)c(C)c(-c3cccc(OC(F)F)c3)c(=O)n21. The fourth-order valence-electron chi connectivity index (χ4n) is 6.11. The number of fused-ring (bicyclic) bond motifs is 1.